The molecule has 0 unspecified atom stereocenters. The standard InChI is InChI=1S/C20H17FN2O3/c1-2-17-14(13-7-4-6-10-18(13)26-17)11-12-19(24)22-23-20(25)15-8-3-5-9-16(15)21/h3-12H,2H2,1H3,(H,22,24)(H,23,25)/b12-11+. The van der Waals surface area contributed by atoms with Crippen LogP contribution in [0, 0.1) is 5.82 Å². The van der Waals surface area contributed by atoms with Gasteiger partial charge in [0.15, 0.2) is 0 Å². The fraction of sp³-hybridized carbons (Fsp3) is 0.100. The Morgan fingerprint density at radius 2 is 1.81 bits per heavy atom. The van der Waals surface area contributed by atoms with Crippen molar-refractivity contribution in [1.82, 2.24) is 10.9 Å². The summed E-state index contributed by atoms with van der Waals surface area (Å²) >= 11 is 0. The largest absolute Gasteiger partial charge is 0.460 e. The Labute approximate surface area is 149 Å². The van der Waals surface area contributed by atoms with Crippen LogP contribution in [-0.2, 0) is 11.2 Å². The quantitative estimate of drug-likeness (QED) is 0.557. The summed E-state index contributed by atoms with van der Waals surface area (Å²) in [5, 5.41) is 0.906. The zero-order valence-corrected chi connectivity index (χ0v) is 14.1. The molecule has 0 fully saturated rings. The number of para-hydroxylation sites is 1. The van der Waals surface area contributed by atoms with Gasteiger partial charge in [0.1, 0.15) is 17.2 Å². The summed E-state index contributed by atoms with van der Waals surface area (Å²) in [5.41, 5.74) is 5.83. The van der Waals surface area contributed by atoms with E-state index in [1.807, 2.05) is 31.2 Å². The van der Waals surface area contributed by atoms with Gasteiger partial charge in [-0.05, 0) is 24.3 Å². The van der Waals surface area contributed by atoms with Gasteiger partial charge in [-0.25, -0.2) is 4.39 Å². The number of carbonyl (C=O) groups excluding carboxylic acids is 2. The summed E-state index contributed by atoms with van der Waals surface area (Å²) in [7, 11) is 0. The van der Waals surface area contributed by atoms with Crippen molar-refractivity contribution >= 4 is 28.9 Å². The lowest BCUT2D eigenvalue weighted by Crippen LogP contribution is -2.41. The number of carbonyl (C=O) groups is 2. The van der Waals surface area contributed by atoms with E-state index in [1.165, 1.54) is 30.3 Å². The van der Waals surface area contributed by atoms with Crippen LogP contribution in [0.1, 0.15) is 28.6 Å². The molecule has 0 bridgehead atoms. The molecular formula is C20H17FN2O3. The molecule has 0 aliphatic heterocycles. The molecule has 0 saturated heterocycles. The zero-order valence-electron chi connectivity index (χ0n) is 14.1. The lowest BCUT2D eigenvalue weighted by atomic mass is 10.1. The third-order valence-corrected chi connectivity index (χ3v) is 3.85. The molecule has 0 aliphatic carbocycles. The maximum Gasteiger partial charge on any atom is 0.272 e. The normalized spacial score (nSPS) is 11.0. The van der Waals surface area contributed by atoms with Crippen LogP contribution in [0.2, 0.25) is 0 Å². The Bertz CT molecular complexity index is 992. The van der Waals surface area contributed by atoms with Crippen molar-refractivity contribution in [2.45, 2.75) is 13.3 Å². The van der Waals surface area contributed by atoms with E-state index < -0.39 is 17.6 Å². The van der Waals surface area contributed by atoms with Gasteiger partial charge >= 0.3 is 0 Å². The van der Waals surface area contributed by atoms with Crippen LogP contribution < -0.4 is 10.9 Å². The summed E-state index contributed by atoms with van der Waals surface area (Å²) in [6.07, 6.45) is 3.60. The molecule has 0 aliphatic rings. The fourth-order valence-electron chi connectivity index (χ4n) is 2.59. The molecule has 2 aromatic carbocycles. The first-order valence-electron chi connectivity index (χ1n) is 8.13. The van der Waals surface area contributed by atoms with E-state index in [2.05, 4.69) is 10.9 Å². The number of furan rings is 1. The SMILES string of the molecule is CCc1oc2ccccc2c1/C=C/C(=O)NNC(=O)c1ccccc1F. The molecule has 1 aromatic heterocycles. The smallest absolute Gasteiger partial charge is 0.272 e. The molecule has 2 amide bonds. The Morgan fingerprint density at radius 1 is 1.08 bits per heavy atom. The summed E-state index contributed by atoms with van der Waals surface area (Å²) < 4.78 is 19.3. The van der Waals surface area contributed by atoms with Crippen LogP contribution in [0.15, 0.2) is 59.0 Å². The molecule has 2 N–H and O–H groups in total. The van der Waals surface area contributed by atoms with Gasteiger partial charge in [0.25, 0.3) is 11.8 Å². The van der Waals surface area contributed by atoms with Crippen molar-refractivity contribution < 1.29 is 18.4 Å². The summed E-state index contributed by atoms with van der Waals surface area (Å²) in [4.78, 5) is 23.8. The van der Waals surface area contributed by atoms with E-state index >= 15 is 0 Å². The minimum absolute atomic E-state index is 0.147. The molecule has 0 saturated carbocycles. The highest BCUT2D eigenvalue weighted by Crippen LogP contribution is 2.27. The highest BCUT2D eigenvalue weighted by atomic mass is 19.1. The number of benzene rings is 2. The predicted octanol–water partition coefficient (Wildman–Crippen LogP) is 3.61. The van der Waals surface area contributed by atoms with Crippen molar-refractivity contribution in [3.05, 3.63) is 77.3 Å². The Kier molecular flexibility index (Phi) is 5.12. The number of nitrogens with one attached hydrogen (secondary N) is 2. The van der Waals surface area contributed by atoms with Crippen molar-refractivity contribution in [3.8, 4) is 0 Å². The molecule has 132 valence electrons. The zero-order chi connectivity index (χ0) is 18.5. The first-order chi connectivity index (χ1) is 12.6. The molecular weight excluding hydrogens is 335 g/mol. The summed E-state index contributed by atoms with van der Waals surface area (Å²) in [5.74, 6) is -1.16. The van der Waals surface area contributed by atoms with Crippen molar-refractivity contribution in [3.63, 3.8) is 0 Å². The molecule has 6 heteroatoms. The van der Waals surface area contributed by atoms with Crippen LogP contribution in [0.5, 0.6) is 0 Å². The second kappa shape index (κ2) is 7.65. The maximum absolute atomic E-state index is 13.5. The van der Waals surface area contributed by atoms with Gasteiger partial charge in [0, 0.05) is 23.4 Å². The van der Waals surface area contributed by atoms with E-state index in [1.54, 1.807) is 6.08 Å². The summed E-state index contributed by atoms with van der Waals surface area (Å²) in [6, 6.07) is 13.1. The molecule has 3 rings (SSSR count). The van der Waals surface area contributed by atoms with E-state index in [4.69, 9.17) is 4.42 Å². The van der Waals surface area contributed by atoms with Crippen LogP contribution in [0.3, 0.4) is 0 Å². The molecule has 26 heavy (non-hydrogen) atoms. The van der Waals surface area contributed by atoms with Crippen molar-refractivity contribution in [2.24, 2.45) is 0 Å². The first kappa shape index (κ1) is 17.4. The van der Waals surface area contributed by atoms with E-state index in [9.17, 15) is 14.0 Å². The Morgan fingerprint density at radius 3 is 2.58 bits per heavy atom. The number of hydrogen-bond donors (Lipinski definition) is 2. The minimum Gasteiger partial charge on any atom is -0.460 e. The molecule has 0 spiro atoms. The highest BCUT2D eigenvalue weighted by Gasteiger charge is 2.12. The molecule has 1 heterocycles. The maximum atomic E-state index is 13.5. The third-order valence-electron chi connectivity index (χ3n) is 3.85. The van der Waals surface area contributed by atoms with Gasteiger partial charge < -0.3 is 4.42 Å². The van der Waals surface area contributed by atoms with Crippen LogP contribution in [0.4, 0.5) is 4.39 Å². The lowest BCUT2D eigenvalue weighted by molar-refractivity contribution is -0.117. The second-order valence-electron chi connectivity index (χ2n) is 5.55. The Balaban J connectivity index is 1.69. The van der Waals surface area contributed by atoms with Crippen LogP contribution >= 0.6 is 0 Å². The van der Waals surface area contributed by atoms with E-state index in [0.717, 1.165) is 22.3 Å². The fourth-order valence-corrected chi connectivity index (χ4v) is 2.59. The van der Waals surface area contributed by atoms with Gasteiger partial charge in [-0.3, -0.25) is 20.4 Å². The monoisotopic (exact) mass is 352 g/mol. The van der Waals surface area contributed by atoms with E-state index in [0.29, 0.717) is 6.42 Å². The Hall–Kier alpha value is -3.41. The van der Waals surface area contributed by atoms with E-state index in [-0.39, 0.29) is 5.56 Å². The third kappa shape index (κ3) is 3.64. The number of amides is 2. The van der Waals surface area contributed by atoms with Gasteiger partial charge in [-0.15, -0.1) is 0 Å². The van der Waals surface area contributed by atoms with Gasteiger partial charge in [-0.1, -0.05) is 37.3 Å². The molecule has 5 nitrogen and oxygen atoms in total. The number of rotatable bonds is 4. The van der Waals surface area contributed by atoms with Gasteiger partial charge in [0.2, 0.25) is 0 Å². The number of halogens is 1. The summed E-state index contributed by atoms with van der Waals surface area (Å²) in [6.45, 7) is 1.96. The number of hydrogen-bond acceptors (Lipinski definition) is 3. The molecule has 0 radical (unpaired) electrons. The predicted molar refractivity (Wildman–Crippen MR) is 96.6 cm³/mol. The van der Waals surface area contributed by atoms with Gasteiger partial charge in [0.05, 0.1) is 5.56 Å². The van der Waals surface area contributed by atoms with Crippen LogP contribution in [-0.4, -0.2) is 11.8 Å². The molecule has 0 atom stereocenters. The topological polar surface area (TPSA) is 71.3 Å². The lowest BCUT2D eigenvalue weighted by Gasteiger charge is -2.05. The average molecular weight is 352 g/mol. The number of aryl methyl sites for hydroxylation is 1. The molecule has 3 aromatic rings. The highest BCUT2D eigenvalue weighted by molar-refractivity contribution is 5.99. The average Bonchev–Trinajstić information content (AvgIpc) is 3.02. The second-order valence-corrected chi connectivity index (χ2v) is 5.55. The van der Waals surface area contributed by atoms with Crippen molar-refractivity contribution in [2.75, 3.05) is 0 Å². The van der Waals surface area contributed by atoms with Gasteiger partial charge in [-0.2, -0.15) is 0 Å². The number of hydrazine groups is 1. The minimum atomic E-state index is -0.729. The number of fused-ring (bicyclic) bond motifs is 1. The van der Waals surface area contributed by atoms with Crippen LogP contribution in [0.25, 0.3) is 17.0 Å². The van der Waals surface area contributed by atoms with Crippen molar-refractivity contribution in [1.29, 1.82) is 0 Å². The first-order valence-corrected chi connectivity index (χ1v) is 8.13.